The molecule has 0 fully saturated rings. The molecule has 5 rings (SSSR count). The zero-order chi connectivity index (χ0) is 21.7. The Labute approximate surface area is 184 Å². The smallest absolute Gasteiger partial charge is 0.256 e. The van der Waals surface area contributed by atoms with E-state index in [1.54, 1.807) is 21.1 Å². The minimum absolute atomic E-state index is 0.471. The Hall–Kier alpha value is -3.46. The van der Waals surface area contributed by atoms with Crippen LogP contribution in [0.15, 0.2) is 46.3 Å². The normalized spacial score (nSPS) is 14.5. The molecular weight excluding hydrogens is 408 g/mol. The number of para-hydroxylation sites is 1. The number of thioether (sulfide) groups is 1. The quantitative estimate of drug-likeness (QED) is 0.486. The third kappa shape index (κ3) is 3.50. The molecule has 0 saturated heterocycles. The average Bonchev–Trinajstić information content (AvgIpc) is 3.36. The molecule has 8 nitrogen and oxygen atoms in total. The van der Waals surface area contributed by atoms with Gasteiger partial charge < -0.3 is 4.90 Å². The Morgan fingerprint density at radius 1 is 0.806 bits per heavy atom. The lowest BCUT2D eigenvalue weighted by atomic mass is 10.3. The molecule has 0 atom stereocenters. The molecule has 31 heavy (non-hydrogen) atoms. The Kier molecular flexibility index (Phi) is 4.62. The molecular formula is C22H22N8S. The molecule has 3 aromatic heterocycles. The summed E-state index contributed by atoms with van der Waals surface area (Å²) in [6, 6.07) is 12.3. The van der Waals surface area contributed by atoms with Gasteiger partial charge in [-0.1, -0.05) is 23.9 Å². The highest BCUT2D eigenvalue weighted by Crippen LogP contribution is 2.45. The summed E-state index contributed by atoms with van der Waals surface area (Å²) in [6.45, 7) is 7.89. The first kappa shape index (κ1) is 19.5. The fourth-order valence-corrected chi connectivity index (χ4v) is 4.72. The number of rotatable bonds is 3. The molecule has 0 aliphatic carbocycles. The lowest BCUT2D eigenvalue weighted by Crippen LogP contribution is -2.14. The van der Waals surface area contributed by atoms with Gasteiger partial charge in [0.1, 0.15) is 0 Å². The summed E-state index contributed by atoms with van der Waals surface area (Å²) in [7, 11) is 2.05. The molecule has 1 aliphatic rings. The van der Waals surface area contributed by atoms with E-state index < -0.39 is 0 Å². The maximum Gasteiger partial charge on any atom is 0.256 e. The molecule has 0 amide bonds. The molecule has 4 aromatic rings. The van der Waals surface area contributed by atoms with E-state index in [1.807, 2.05) is 58.0 Å². The second kappa shape index (κ2) is 7.35. The molecule has 0 radical (unpaired) electrons. The summed E-state index contributed by atoms with van der Waals surface area (Å²) in [5.74, 6) is 1.50. The van der Waals surface area contributed by atoms with Gasteiger partial charge in [-0.15, -0.1) is 0 Å². The minimum atomic E-state index is 0.471. The van der Waals surface area contributed by atoms with Crippen LogP contribution in [0.5, 0.6) is 0 Å². The topological polar surface area (TPSA) is 77.5 Å². The molecule has 1 aliphatic heterocycles. The molecule has 0 saturated carbocycles. The third-order valence-electron chi connectivity index (χ3n) is 5.05. The molecule has 4 heterocycles. The SMILES string of the molecule is Cc1cc(C)n(-c2nc(/C=C3\Sc4ccccc4N3C)nc(-n3nc(C)cc3C)n2)n1. The van der Waals surface area contributed by atoms with Crippen LogP contribution in [0, 0.1) is 27.7 Å². The summed E-state index contributed by atoms with van der Waals surface area (Å²) in [5, 5.41) is 10.2. The van der Waals surface area contributed by atoms with Crippen LogP contribution in [0.2, 0.25) is 0 Å². The van der Waals surface area contributed by atoms with Crippen molar-refractivity contribution < 1.29 is 0 Å². The predicted molar refractivity (Wildman–Crippen MR) is 122 cm³/mol. The Balaban J connectivity index is 1.65. The summed E-state index contributed by atoms with van der Waals surface area (Å²) in [5.41, 5.74) is 4.91. The highest BCUT2D eigenvalue weighted by atomic mass is 32.2. The number of anilines is 1. The molecule has 0 spiro atoms. The number of aromatic nitrogens is 7. The third-order valence-corrected chi connectivity index (χ3v) is 6.22. The van der Waals surface area contributed by atoms with Gasteiger partial charge in [-0.2, -0.15) is 25.1 Å². The van der Waals surface area contributed by atoms with E-state index in [2.05, 4.69) is 39.3 Å². The lowest BCUT2D eigenvalue weighted by Gasteiger charge is -2.13. The number of nitrogens with zero attached hydrogens (tertiary/aromatic N) is 8. The zero-order valence-electron chi connectivity index (χ0n) is 18.0. The van der Waals surface area contributed by atoms with Crippen LogP contribution >= 0.6 is 11.8 Å². The van der Waals surface area contributed by atoms with Gasteiger partial charge in [-0.25, -0.2) is 9.36 Å². The Morgan fingerprint density at radius 2 is 1.39 bits per heavy atom. The molecule has 0 bridgehead atoms. The van der Waals surface area contributed by atoms with Crippen LogP contribution in [-0.2, 0) is 0 Å². The summed E-state index contributed by atoms with van der Waals surface area (Å²) < 4.78 is 3.49. The lowest BCUT2D eigenvalue weighted by molar-refractivity contribution is 0.714. The zero-order valence-corrected chi connectivity index (χ0v) is 18.8. The van der Waals surface area contributed by atoms with E-state index in [0.717, 1.165) is 27.8 Å². The first-order chi connectivity index (χ1) is 14.9. The van der Waals surface area contributed by atoms with Gasteiger partial charge in [0.05, 0.1) is 22.1 Å². The molecule has 0 N–H and O–H groups in total. The largest absolute Gasteiger partial charge is 0.338 e. The van der Waals surface area contributed by atoms with Crippen molar-refractivity contribution in [1.29, 1.82) is 0 Å². The average molecular weight is 431 g/mol. The summed E-state index contributed by atoms with van der Waals surface area (Å²) in [6.07, 6.45) is 1.98. The number of fused-ring (bicyclic) bond motifs is 1. The van der Waals surface area contributed by atoms with Crippen molar-refractivity contribution in [2.24, 2.45) is 0 Å². The van der Waals surface area contributed by atoms with Gasteiger partial charge in [-0.3, -0.25) is 0 Å². The van der Waals surface area contributed by atoms with E-state index in [4.69, 9.17) is 9.97 Å². The van der Waals surface area contributed by atoms with Gasteiger partial charge >= 0.3 is 0 Å². The van der Waals surface area contributed by atoms with Crippen molar-refractivity contribution in [3.63, 3.8) is 0 Å². The minimum Gasteiger partial charge on any atom is -0.338 e. The fourth-order valence-electron chi connectivity index (χ4n) is 3.64. The van der Waals surface area contributed by atoms with Crippen LogP contribution < -0.4 is 4.90 Å². The fraction of sp³-hybridized carbons (Fsp3) is 0.227. The number of benzene rings is 1. The van der Waals surface area contributed by atoms with E-state index >= 15 is 0 Å². The van der Waals surface area contributed by atoms with Crippen molar-refractivity contribution in [2.75, 3.05) is 11.9 Å². The number of hydrogen-bond acceptors (Lipinski definition) is 7. The second-order valence-corrected chi connectivity index (χ2v) is 8.65. The van der Waals surface area contributed by atoms with Crippen LogP contribution in [0.4, 0.5) is 5.69 Å². The van der Waals surface area contributed by atoms with Crippen molar-refractivity contribution in [1.82, 2.24) is 34.5 Å². The number of hydrogen-bond donors (Lipinski definition) is 0. The van der Waals surface area contributed by atoms with Crippen LogP contribution in [-0.4, -0.2) is 41.6 Å². The Morgan fingerprint density at radius 3 is 1.90 bits per heavy atom. The molecule has 156 valence electrons. The maximum absolute atomic E-state index is 4.72. The van der Waals surface area contributed by atoms with E-state index in [-0.39, 0.29) is 0 Å². The highest BCUT2D eigenvalue weighted by molar-refractivity contribution is 8.03. The van der Waals surface area contributed by atoms with E-state index in [9.17, 15) is 0 Å². The van der Waals surface area contributed by atoms with Crippen LogP contribution in [0.25, 0.3) is 18.0 Å². The molecule has 1 aromatic carbocycles. The first-order valence-electron chi connectivity index (χ1n) is 9.95. The van der Waals surface area contributed by atoms with Crippen molar-refractivity contribution >= 4 is 23.5 Å². The predicted octanol–water partition coefficient (Wildman–Crippen LogP) is 4.02. The monoisotopic (exact) mass is 430 g/mol. The van der Waals surface area contributed by atoms with Crippen molar-refractivity contribution in [2.45, 2.75) is 32.6 Å². The van der Waals surface area contributed by atoms with E-state index in [1.165, 1.54) is 10.6 Å². The highest BCUT2D eigenvalue weighted by Gasteiger charge is 2.22. The first-order valence-corrected chi connectivity index (χ1v) is 10.8. The van der Waals surface area contributed by atoms with Gasteiger partial charge in [-0.05, 0) is 52.0 Å². The Bertz CT molecular complexity index is 1270. The van der Waals surface area contributed by atoms with E-state index in [0.29, 0.717) is 17.7 Å². The molecule has 9 heteroatoms. The van der Waals surface area contributed by atoms with Gasteiger partial charge in [0.25, 0.3) is 11.9 Å². The van der Waals surface area contributed by atoms with Gasteiger partial charge in [0.15, 0.2) is 5.82 Å². The van der Waals surface area contributed by atoms with Crippen molar-refractivity contribution in [3.05, 3.63) is 70.0 Å². The molecule has 0 unspecified atom stereocenters. The maximum atomic E-state index is 4.72. The van der Waals surface area contributed by atoms with Gasteiger partial charge in [0.2, 0.25) is 0 Å². The number of aryl methyl sites for hydroxylation is 4. The summed E-state index contributed by atoms with van der Waals surface area (Å²) in [4.78, 5) is 17.5. The second-order valence-electron chi connectivity index (χ2n) is 7.58. The van der Waals surface area contributed by atoms with Crippen LogP contribution in [0.1, 0.15) is 28.6 Å². The standard InChI is InChI=1S/C22H22N8S/c1-13-10-15(3)29(26-13)21-23-19(24-22(25-21)30-16(4)11-14(2)27-30)12-20-28(5)17-8-6-7-9-18(17)31-20/h6-12H,1-5H3/b20-12-. The summed E-state index contributed by atoms with van der Waals surface area (Å²) >= 11 is 1.70. The van der Waals surface area contributed by atoms with Crippen molar-refractivity contribution in [3.8, 4) is 11.9 Å². The van der Waals surface area contributed by atoms with Crippen LogP contribution in [0.3, 0.4) is 0 Å². The van der Waals surface area contributed by atoms with Gasteiger partial charge in [0, 0.05) is 29.4 Å².